The smallest absolute Gasteiger partial charge is 0.270 e. The molecule has 7 heteroatoms. The molecule has 0 radical (unpaired) electrons. The fourth-order valence-corrected chi connectivity index (χ4v) is 3.48. The van der Waals surface area contributed by atoms with Crippen LogP contribution in [-0.2, 0) is 0 Å². The summed E-state index contributed by atoms with van der Waals surface area (Å²) in [4.78, 5) is 29.6. The predicted molar refractivity (Wildman–Crippen MR) is 101 cm³/mol. The van der Waals surface area contributed by atoms with Crippen molar-refractivity contribution in [1.82, 2.24) is 0 Å². The third kappa shape index (κ3) is 4.24. The van der Waals surface area contributed by atoms with E-state index in [2.05, 4.69) is 4.99 Å². The van der Waals surface area contributed by atoms with Crippen LogP contribution in [0.15, 0.2) is 59.6 Å². The second-order valence-electron chi connectivity index (χ2n) is 5.52. The second kappa shape index (κ2) is 7.94. The summed E-state index contributed by atoms with van der Waals surface area (Å²) in [5, 5.41) is 11.7. The van der Waals surface area contributed by atoms with Crippen LogP contribution in [0.3, 0.4) is 0 Å². The van der Waals surface area contributed by atoms with Crippen LogP contribution >= 0.6 is 11.8 Å². The SMILES string of the molecule is O=C(CN(C1=NCCCS1)c1ccccc1)c1cccc([N+](=O)[O-])c1. The number of ketones is 1. The molecular weight excluding hydrogens is 338 g/mol. The van der Waals surface area contributed by atoms with E-state index >= 15 is 0 Å². The quantitative estimate of drug-likeness (QED) is 0.463. The van der Waals surface area contributed by atoms with Gasteiger partial charge < -0.3 is 4.90 Å². The lowest BCUT2D eigenvalue weighted by Crippen LogP contribution is -2.35. The first-order valence-electron chi connectivity index (χ1n) is 7.92. The van der Waals surface area contributed by atoms with Gasteiger partial charge >= 0.3 is 0 Å². The van der Waals surface area contributed by atoms with Crippen LogP contribution in [0, 0.1) is 10.1 Å². The van der Waals surface area contributed by atoms with Crippen molar-refractivity contribution in [2.75, 3.05) is 23.7 Å². The molecule has 128 valence electrons. The molecule has 0 saturated heterocycles. The summed E-state index contributed by atoms with van der Waals surface area (Å²) in [6, 6.07) is 15.4. The van der Waals surface area contributed by atoms with Crippen molar-refractivity contribution < 1.29 is 9.72 Å². The first-order valence-corrected chi connectivity index (χ1v) is 8.91. The predicted octanol–water partition coefficient (Wildman–Crippen LogP) is 3.78. The summed E-state index contributed by atoms with van der Waals surface area (Å²) in [5.41, 5.74) is 1.13. The Morgan fingerprint density at radius 2 is 2.00 bits per heavy atom. The highest BCUT2D eigenvalue weighted by Gasteiger charge is 2.21. The van der Waals surface area contributed by atoms with E-state index in [4.69, 9.17) is 0 Å². The van der Waals surface area contributed by atoms with E-state index in [-0.39, 0.29) is 18.0 Å². The van der Waals surface area contributed by atoms with Crippen molar-refractivity contribution in [3.8, 4) is 0 Å². The van der Waals surface area contributed by atoms with E-state index in [0.717, 1.165) is 29.6 Å². The number of hydrogen-bond acceptors (Lipinski definition) is 6. The van der Waals surface area contributed by atoms with Crippen LogP contribution in [0.5, 0.6) is 0 Å². The van der Waals surface area contributed by atoms with E-state index < -0.39 is 4.92 Å². The molecule has 25 heavy (non-hydrogen) atoms. The number of carbonyl (C=O) groups excluding carboxylic acids is 1. The molecule has 1 aliphatic heterocycles. The third-order valence-corrected chi connectivity index (χ3v) is 4.86. The maximum atomic E-state index is 12.7. The lowest BCUT2D eigenvalue weighted by atomic mass is 10.1. The molecule has 0 fully saturated rings. The van der Waals surface area contributed by atoms with Gasteiger partial charge in [-0.3, -0.25) is 19.9 Å². The van der Waals surface area contributed by atoms with Crippen LogP contribution in [0.25, 0.3) is 0 Å². The maximum Gasteiger partial charge on any atom is 0.270 e. The third-order valence-electron chi connectivity index (χ3n) is 3.76. The van der Waals surface area contributed by atoms with Gasteiger partial charge in [-0.1, -0.05) is 42.1 Å². The lowest BCUT2D eigenvalue weighted by molar-refractivity contribution is -0.384. The van der Waals surface area contributed by atoms with E-state index in [1.54, 1.807) is 17.8 Å². The van der Waals surface area contributed by atoms with Gasteiger partial charge in [-0.05, 0) is 18.6 Å². The molecule has 0 spiro atoms. The number of Topliss-reactive ketones (excluding diaryl/α,β-unsaturated/α-hetero) is 1. The summed E-state index contributed by atoms with van der Waals surface area (Å²) in [5.74, 6) is 0.786. The van der Waals surface area contributed by atoms with Crippen LogP contribution in [-0.4, -0.2) is 34.7 Å². The normalized spacial score (nSPS) is 13.8. The van der Waals surface area contributed by atoms with E-state index in [9.17, 15) is 14.9 Å². The highest BCUT2D eigenvalue weighted by molar-refractivity contribution is 8.14. The number of nitro benzene ring substituents is 1. The van der Waals surface area contributed by atoms with Gasteiger partial charge in [-0.2, -0.15) is 0 Å². The molecule has 0 amide bonds. The number of carbonyl (C=O) groups is 1. The van der Waals surface area contributed by atoms with Crippen LogP contribution in [0.4, 0.5) is 11.4 Å². The Labute approximate surface area is 149 Å². The standard InChI is InChI=1S/C18H17N3O3S/c22-17(14-6-4-9-16(12-14)21(23)24)13-20(15-7-2-1-3-8-15)18-19-10-5-11-25-18/h1-4,6-9,12H,5,10-11,13H2. The first-order chi connectivity index (χ1) is 12.1. The van der Waals surface area contributed by atoms with Gasteiger partial charge in [0.1, 0.15) is 0 Å². The van der Waals surface area contributed by atoms with Gasteiger partial charge in [0.25, 0.3) is 5.69 Å². The molecule has 2 aromatic carbocycles. The van der Waals surface area contributed by atoms with Crippen molar-refractivity contribution in [3.63, 3.8) is 0 Å². The number of para-hydroxylation sites is 1. The molecule has 6 nitrogen and oxygen atoms in total. The Hall–Kier alpha value is -2.67. The van der Waals surface area contributed by atoms with Gasteiger partial charge in [0.05, 0.1) is 11.5 Å². The Balaban J connectivity index is 1.87. The van der Waals surface area contributed by atoms with Gasteiger partial charge in [0.15, 0.2) is 11.0 Å². The maximum absolute atomic E-state index is 12.7. The minimum absolute atomic E-state index is 0.0820. The average Bonchev–Trinajstić information content (AvgIpc) is 2.67. The van der Waals surface area contributed by atoms with Crippen molar-refractivity contribution in [1.29, 1.82) is 0 Å². The van der Waals surface area contributed by atoms with E-state index in [0.29, 0.717) is 5.56 Å². The molecule has 0 aromatic heterocycles. The average molecular weight is 355 g/mol. The number of rotatable bonds is 5. The molecule has 0 aliphatic carbocycles. The largest absolute Gasteiger partial charge is 0.313 e. The number of benzene rings is 2. The van der Waals surface area contributed by atoms with Gasteiger partial charge in [-0.25, -0.2) is 0 Å². The van der Waals surface area contributed by atoms with Gasteiger partial charge in [0, 0.05) is 35.7 Å². The zero-order valence-electron chi connectivity index (χ0n) is 13.5. The Kier molecular flexibility index (Phi) is 5.45. The summed E-state index contributed by atoms with van der Waals surface area (Å²) in [6.45, 7) is 0.841. The molecule has 1 aliphatic rings. The molecule has 0 atom stereocenters. The summed E-state index contributed by atoms with van der Waals surface area (Å²) < 4.78 is 0. The number of aliphatic imine (C=N–C) groups is 1. The van der Waals surface area contributed by atoms with Crippen LogP contribution < -0.4 is 4.90 Å². The Morgan fingerprint density at radius 1 is 1.20 bits per heavy atom. The van der Waals surface area contributed by atoms with Crippen molar-refractivity contribution in [2.45, 2.75) is 6.42 Å². The number of non-ortho nitro benzene ring substituents is 1. The number of amidine groups is 1. The van der Waals surface area contributed by atoms with E-state index in [1.165, 1.54) is 18.2 Å². The number of anilines is 1. The van der Waals surface area contributed by atoms with Crippen molar-refractivity contribution in [2.24, 2.45) is 4.99 Å². The summed E-state index contributed by atoms with van der Waals surface area (Å²) in [6.07, 6.45) is 1.02. The molecular formula is C18H17N3O3S. The van der Waals surface area contributed by atoms with Gasteiger partial charge in [-0.15, -0.1) is 0 Å². The number of nitro groups is 1. The van der Waals surface area contributed by atoms with Crippen LogP contribution in [0.2, 0.25) is 0 Å². The van der Waals surface area contributed by atoms with Gasteiger partial charge in [0.2, 0.25) is 0 Å². The molecule has 3 rings (SSSR count). The minimum Gasteiger partial charge on any atom is -0.313 e. The summed E-state index contributed by atoms with van der Waals surface area (Å²) in [7, 11) is 0. The Morgan fingerprint density at radius 3 is 2.68 bits per heavy atom. The second-order valence-corrected chi connectivity index (χ2v) is 6.58. The first kappa shape index (κ1) is 17.2. The number of nitrogens with zero attached hydrogens (tertiary/aromatic N) is 3. The molecule has 0 saturated carbocycles. The summed E-state index contributed by atoms with van der Waals surface area (Å²) >= 11 is 1.63. The fourth-order valence-electron chi connectivity index (χ4n) is 2.52. The zero-order valence-corrected chi connectivity index (χ0v) is 14.3. The minimum atomic E-state index is -0.493. The zero-order chi connectivity index (χ0) is 17.6. The molecule has 1 heterocycles. The molecule has 0 unspecified atom stereocenters. The number of hydrogen-bond donors (Lipinski definition) is 0. The monoisotopic (exact) mass is 355 g/mol. The molecule has 0 N–H and O–H groups in total. The Bertz CT molecular complexity index is 808. The van der Waals surface area contributed by atoms with Crippen LogP contribution in [0.1, 0.15) is 16.8 Å². The topological polar surface area (TPSA) is 75.8 Å². The molecule has 2 aromatic rings. The highest BCUT2D eigenvalue weighted by atomic mass is 32.2. The lowest BCUT2D eigenvalue weighted by Gasteiger charge is -2.27. The van der Waals surface area contributed by atoms with Crippen molar-refractivity contribution >= 4 is 34.1 Å². The highest BCUT2D eigenvalue weighted by Crippen LogP contribution is 2.23. The van der Waals surface area contributed by atoms with E-state index in [1.807, 2.05) is 35.2 Å². The number of thioether (sulfide) groups is 1. The van der Waals surface area contributed by atoms with Crippen molar-refractivity contribution in [3.05, 3.63) is 70.3 Å². The fraction of sp³-hybridized carbons (Fsp3) is 0.222. The molecule has 0 bridgehead atoms.